The molecule has 0 saturated carbocycles. The van der Waals surface area contributed by atoms with E-state index in [1.807, 2.05) is 13.8 Å². The maximum atomic E-state index is 11.9. The molecule has 1 saturated heterocycles. The first-order valence-corrected chi connectivity index (χ1v) is 7.48. The molecule has 0 bridgehead atoms. The van der Waals surface area contributed by atoms with E-state index >= 15 is 0 Å². The second kappa shape index (κ2) is 6.52. The molecule has 1 aliphatic rings. The van der Waals surface area contributed by atoms with Crippen LogP contribution in [0.25, 0.3) is 0 Å². The first-order chi connectivity index (χ1) is 9.89. The fraction of sp³-hybridized carbons (Fsp3) is 0.867. The minimum Gasteiger partial charge on any atom is -0.481 e. The summed E-state index contributed by atoms with van der Waals surface area (Å²) in [5, 5.41) is 30.4. The van der Waals surface area contributed by atoms with Gasteiger partial charge in [0.2, 0.25) is 0 Å². The molecule has 0 aromatic carbocycles. The van der Waals surface area contributed by atoms with Crippen LogP contribution in [0.15, 0.2) is 0 Å². The molecule has 22 heavy (non-hydrogen) atoms. The van der Waals surface area contributed by atoms with Gasteiger partial charge in [0, 0.05) is 5.92 Å². The quantitative estimate of drug-likeness (QED) is 0.692. The summed E-state index contributed by atoms with van der Waals surface area (Å²) in [6.07, 6.45) is -1.69. The van der Waals surface area contributed by atoms with Crippen LogP contribution in [0, 0.1) is 5.92 Å². The molecule has 0 aromatic rings. The lowest BCUT2D eigenvalue weighted by Crippen LogP contribution is -2.68. The first kappa shape index (κ1) is 18.9. The SMILES string of the molecule is CC(O)C1C(O)CC(C)(C)N(OC(=O)CCC(=O)O)C1(C)C. The zero-order valence-corrected chi connectivity index (χ0v) is 13.9. The van der Waals surface area contributed by atoms with Crippen LogP contribution < -0.4 is 0 Å². The summed E-state index contributed by atoms with van der Waals surface area (Å²) in [5.41, 5.74) is -1.43. The molecule has 0 radical (unpaired) electrons. The van der Waals surface area contributed by atoms with Crippen molar-refractivity contribution in [2.75, 3.05) is 0 Å². The van der Waals surface area contributed by atoms with E-state index in [9.17, 15) is 19.8 Å². The number of nitrogens with zero attached hydrogens (tertiary/aromatic N) is 1. The Hall–Kier alpha value is -1.18. The van der Waals surface area contributed by atoms with E-state index in [2.05, 4.69) is 0 Å². The number of aliphatic hydroxyl groups is 2. The molecule has 1 heterocycles. The number of carboxylic acids is 1. The van der Waals surface area contributed by atoms with Crippen molar-refractivity contribution < 1.29 is 29.7 Å². The Bertz CT molecular complexity index is 432. The summed E-state index contributed by atoms with van der Waals surface area (Å²) in [5.74, 6) is -2.19. The number of hydrogen-bond acceptors (Lipinski definition) is 6. The Balaban J connectivity index is 2.97. The lowest BCUT2D eigenvalue weighted by atomic mass is 9.70. The minimum absolute atomic E-state index is 0.222. The van der Waals surface area contributed by atoms with Gasteiger partial charge < -0.3 is 20.2 Å². The molecule has 1 aliphatic heterocycles. The zero-order valence-electron chi connectivity index (χ0n) is 13.9. The van der Waals surface area contributed by atoms with Crippen molar-refractivity contribution >= 4 is 11.9 Å². The van der Waals surface area contributed by atoms with E-state index in [1.165, 1.54) is 5.06 Å². The van der Waals surface area contributed by atoms with Gasteiger partial charge in [0.05, 0.1) is 36.1 Å². The van der Waals surface area contributed by atoms with Gasteiger partial charge in [0.15, 0.2) is 0 Å². The average molecular weight is 317 g/mol. The first-order valence-electron chi connectivity index (χ1n) is 7.48. The largest absolute Gasteiger partial charge is 0.481 e. The van der Waals surface area contributed by atoms with Crippen LogP contribution in [-0.4, -0.2) is 55.6 Å². The number of carboxylic acid groups (broad SMARTS) is 1. The summed E-state index contributed by atoms with van der Waals surface area (Å²) in [4.78, 5) is 27.9. The standard InChI is InChI=1S/C15H27NO6/c1-9(17)13-10(18)8-14(2,3)16(15(13,4)5)22-12(21)7-6-11(19)20/h9-10,13,17-18H,6-8H2,1-5H3,(H,19,20). The van der Waals surface area contributed by atoms with Gasteiger partial charge >= 0.3 is 11.9 Å². The highest BCUT2D eigenvalue weighted by atomic mass is 16.7. The fourth-order valence-corrected chi connectivity index (χ4v) is 3.62. The summed E-state index contributed by atoms with van der Waals surface area (Å²) in [6.45, 7) is 8.85. The van der Waals surface area contributed by atoms with E-state index in [0.29, 0.717) is 6.42 Å². The maximum Gasteiger partial charge on any atom is 0.325 e. The van der Waals surface area contributed by atoms with E-state index in [4.69, 9.17) is 9.94 Å². The van der Waals surface area contributed by atoms with Gasteiger partial charge in [0.25, 0.3) is 0 Å². The second-order valence-corrected chi connectivity index (χ2v) is 7.16. The topological polar surface area (TPSA) is 107 Å². The number of piperidine rings is 1. The third-order valence-electron chi connectivity index (χ3n) is 4.27. The summed E-state index contributed by atoms with van der Waals surface area (Å²) >= 11 is 0. The Morgan fingerprint density at radius 2 is 1.82 bits per heavy atom. The highest BCUT2D eigenvalue weighted by Crippen LogP contribution is 2.43. The van der Waals surface area contributed by atoms with Crippen LogP contribution in [0.1, 0.15) is 53.9 Å². The van der Waals surface area contributed by atoms with Crippen molar-refractivity contribution in [3.8, 4) is 0 Å². The van der Waals surface area contributed by atoms with Crippen molar-refractivity contribution in [1.82, 2.24) is 5.06 Å². The van der Waals surface area contributed by atoms with E-state index < -0.39 is 41.1 Å². The van der Waals surface area contributed by atoms with Gasteiger partial charge in [-0.15, -0.1) is 5.06 Å². The molecule has 3 unspecified atom stereocenters. The number of carbonyl (C=O) groups excluding carboxylic acids is 1. The molecule has 7 heteroatoms. The maximum absolute atomic E-state index is 11.9. The monoisotopic (exact) mass is 317 g/mol. The molecule has 1 fully saturated rings. The predicted octanol–water partition coefficient (Wildman–Crippen LogP) is 0.930. The highest BCUT2D eigenvalue weighted by molar-refractivity contribution is 5.76. The van der Waals surface area contributed by atoms with Crippen molar-refractivity contribution in [3.63, 3.8) is 0 Å². The average Bonchev–Trinajstić information content (AvgIpc) is 2.29. The molecular formula is C15H27NO6. The Kier molecular flexibility index (Phi) is 5.59. The van der Waals surface area contributed by atoms with Gasteiger partial charge in [-0.2, -0.15) is 0 Å². The van der Waals surface area contributed by atoms with Crippen molar-refractivity contribution in [3.05, 3.63) is 0 Å². The number of aliphatic hydroxyl groups excluding tert-OH is 2. The fourth-order valence-electron chi connectivity index (χ4n) is 3.62. The molecule has 7 nitrogen and oxygen atoms in total. The third kappa shape index (κ3) is 3.97. The number of carbonyl (C=O) groups is 2. The number of hydrogen-bond donors (Lipinski definition) is 3. The third-order valence-corrected chi connectivity index (χ3v) is 4.27. The predicted molar refractivity (Wildman–Crippen MR) is 78.8 cm³/mol. The van der Waals surface area contributed by atoms with Gasteiger partial charge in [-0.05, 0) is 41.0 Å². The van der Waals surface area contributed by atoms with Crippen LogP contribution in [0.4, 0.5) is 0 Å². The van der Waals surface area contributed by atoms with Crippen LogP contribution in [0.5, 0.6) is 0 Å². The van der Waals surface area contributed by atoms with Gasteiger partial charge in [-0.3, -0.25) is 9.59 Å². The van der Waals surface area contributed by atoms with E-state index in [-0.39, 0.29) is 12.8 Å². The molecule has 0 aromatic heterocycles. The highest BCUT2D eigenvalue weighted by Gasteiger charge is 2.55. The zero-order chi connectivity index (χ0) is 17.3. The van der Waals surface area contributed by atoms with Crippen LogP contribution in [0.2, 0.25) is 0 Å². The van der Waals surface area contributed by atoms with Crippen molar-refractivity contribution in [2.24, 2.45) is 5.92 Å². The van der Waals surface area contributed by atoms with Crippen LogP contribution in [0.3, 0.4) is 0 Å². The molecule has 0 aliphatic carbocycles. The number of aliphatic carboxylic acids is 1. The lowest BCUT2D eigenvalue weighted by Gasteiger charge is -2.56. The summed E-state index contributed by atoms with van der Waals surface area (Å²) in [6, 6.07) is 0. The molecule has 0 amide bonds. The van der Waals surface area contributed by atoms with Crippen LogP contribution in [-0.2, 0) is 14.4 Å². The molecule has 1 rings (SSSR count). The minimum atomic E-state index is -1.06. The lowest BCUT2D eigenvalue weighted by molar-refractivity contribution is -0.299. The van der Waals surface area contributed by atoms with Crippen molar-refractivity contribution in [2.45, 2.75) is 77.2 Å². The molecule has 3 atom stereocenters. The van der Waals surface area contributed by atoms with E-state index in [1.54, 1.807) is 20.8 Å². The molecule has 128 valence electrons. The summed E-state index contributed by atoms with van der Waals surface area (Å²) in [7, 11) is 0. The Morgan fingerprint density at radius 1 is 1.27 bits per heavy atom. The Morgan fingerprint density at radius 3 is 2.27 bits per heavy atom. The summed E-state index contributed by atoms with van der Waals surface area (Å²) < 4.78 is 0. The van der Waals surface area contributed by atoms with Crippen LogP contribution >= 0.6 is 0 Å². The number of hydroxylamine groups is 2. The second-order valence-electron chi connectivity index (χ2n) is 7.16. The number of rotatable bonds is 5. The van der Waals surface area contributed by atoms with Gasteiger partial charge in [0.1, 0.15) is 0 Å². The normalized spacial score (nSPS) is 28.9. The molecule has 0 spiro atoms. The Labute approximate surface area is 130 Å². The van der Waals surface area contributed by atoms with Gasteiger partial charge in [-0.1, -0.05) is 0 Å². The molecule has 3 N–H and O–H groups in total. The van der Waals surface area contributed by atoms with E-state index in [0.717, 1.165) is 0 Å². The van der Waals surface area contributed by atoms with Crippen molar-refractivity contribution in [1.29, 1.82) is 0 Å². The smallest absolute Gasteiger partial charge is 0.325 e. The molecular weight excluding hydrogens is 290 g/mol. The van der Waals surface area contributed by atoms with Gasteiger partial charge in [-0.25, -0.2) is 0 Å².